The minimum Gasteiger partial charge on any atom is -0.481 e. The van der Waals surface area contributed by atoms with Crippen LogP contribution in [0.25, 0.3) is 0 Å². The van der Waals surface area contributed by atoms with Gasteiger partial charge in [0.25, 0.3) is 5.91 Å². The predicted octanol–water partition coefficient (Wildman–Crippen LogP) is 6.63. The van der Waals surface area contributed by atoms with Gasteiger partial charge in [-0.15, -0.1) is 11.3 Å². The first-order chi connectivity index (χ1) is 24.4. The molecule has 1 aromatic carbocycles. The summed E-state index contributed by atoms with van der Waals surface area (Å²) in [4.78, 5) is 82.9. The van der Waals surface area contributed by atoms with Gasteiger partial charge in [-0.05, 0) is 43.1 Å². The Kier molecular flexibility index (Phi) is 18.1. The van der Waals surface area contributed by atoms with Crippen LogP contribution in [0.3, 0.4) is 0 Å². The summed E-state index contributed by atoms with van der Waals surface area (Å²) in [6.07, 6.45) is 0.589. The van der Waals surface area contributed by atoms with E-state index in [1.807, 2.05) is 71.9 Å². The molecule has 2 rings (SSSR count). The molecule has 0 bridgehead atoms. The van der Waals surface area contributed by atoms with E-state index < -0.39 is 53.8 Å². The van der Waals surface area contributed by atoms with E-state index in [2.05, 4.69) is 10.3 Å². The van der Waals surface area contributed by atoms with E-state index in [0.717, 1.165) is 16.9 Å². The molecular formula is C39H57N3O9S. The largest absolute Gasteiger partial charge is 0.481 e. The Morgan fingerprint density at radius 1 is 0.942 bits per heavy atom. The van der Waals surface area contributed by atoms with Gasteiger partial charge in [0, 0.05) is 49.6 Å². The molecule has 288 valence electrons. The van der Waals surface area contributed by atoms with Crippen LogP contribution in [0.5, 0.6) is 0 Å². The van der Waals surface area contributed by atoms with Gasteiger partial charge in [0.15, 0.2) is 12.8 Å². The molecule has 52 heavy (non-hydrogen) atoms. The van der Waals surface area contributed by atoms with Crippen molar-refractivity contribution < 1.29 is 43.3 Å². The number of aromatic nitrogens is 1. The molecule has 0 aliphatic carbocycles. The predicted molar refractivity (Wildman–Crippen MR) is 198 cm³/mol. The summed E-state index contributed by atoms with van der Waals surface area (Å²) in [5.74, 6) is -4.63. The third-order valence-corrected chi connectivity index (χ3v) is 10.00. The fourth-order valence-corrected chi connectivity index (χ4v) is 6.83. The number of carboxylic acid groups (broad SMARTS) is 1. The second kappa shape index (κ2) is 21.4. The lowest BCUT2D eigenvalue weighted by Gasteiger charge is -2.38. The van der Waals surface area contributed by atoms with E-state index >= 15 is 0 Å². The minimum absolute atomic E-state index is 0.0317. The van der Waals surface area contributed by atoms with Crippen molar-refractivity contribution in [1.29, 1.82) is 0 Å². The molecule has 0 saturated heterocycles. The van der Waals surface area contributed by atoms with Crippen molar-refractivity contribution in [2.75, 3.05) is 6.73 Å². The average Bonchev–Trinajstić information content (AvgIpc) is 3.56. The third kappa shape index (κ3) is 14.5. The lowest BCUT2D eigenvalue weighted by Crippen LogP contribution is -2.49. The smallest absolute Gasteiger partial charge is 0.307 e. The van der Waals surface area contributed by atoms with Crippen LogP contribution in [-0.4, -0.2) is 69.3 Å². The number of carboxylic acids is 1. The Balaban J connectivity index is 2.46. The van der Waals surface area contributed by atoms with Crippen LogP contribution in [0.1, 0.15) is 122 Å². The number of esters is 2. The number of rotatable bonds is 22. The van der Waals surface area contributed by atoms with Crippen molar-refractivity contribution >= 4 is 46.8 Å². The summed E-state index contributed by atoms with van der Waals surface area (Å²) in [5.41, 5.74) is 1.01. The Labute approximate surface area is 312 Å². The highest BCUT2D eigenvalue weighted by atomic mass is 32.1. The number of benzene rings is 1. The summed E-state index contributed by atoms with van der Waals surface area (Å²) >= 11 is 1.12. The Morgan fingerprint density at radius 2 is 1.60 bits per heavy atom. The second-order valence-corrected chi connectivity index (χ2v) is 15.4. The minimum atomic E-state index is -0.967. The number of hydrogen-bond donors (Lipinski definition) is 2. The number of Topliss-reactive ketones (excluding diaryl/α,β-unsaturated/α-hetero) is 1. The van der Waals surface area contributed by atoms with Crippen LogP contribution in [0.15, 0.2) is 35.7 Å². The number of hydrogen-bond acceptors (Lipinski definition) is 10. The molecular weight excluding hydrogens is 687 g/mol. The molecule has 13 heteroatoms. The SMILES string of the molecule is CC[C@H](C)[C@H](CC(C)=O)C(=O)N(COC(=O)CC(C)C)[C@H](C[C@@H](OC(C)=O)c1nc(C(=O)N[C@@H](Cc2ccccc2)C[C@H](C)C(=O)O)cs1)C(C)C. The van der Waals surface area contributed by atoms with Gasteiger partial charge in [0.2, 0.25) is 5.91 Å². The van der Waals surface area contributed by atoms with Gasteiger partial charge in [-0.2, -0.15) is 0 Å². The maximum atomic E-state index is 14.3. The number of carbonyl (C=O) groups is 6. The van der Waals surface area contributed by atoms with E-state index in [0.29, 0.717) is 17.8 Å². The topological polar surface area (TPSA) is 169 Å². The zero-order valence-electron chi connectivity index (χ0n) is 32.0. The molecule has 0 radical (unpaired) electrons. The fourth-order valence-electron chi connectivity index (χ4n) is 5.99. The Hall–Kier alpha value is -4.13. The van der Waals surface area contributed by atoms with E-state index in [9.17, 15) is 33.9 Å². The number of nitrogens with one attached hydrogen (secondary N) is 1. The summed E-state index contributed by atoms with van der Waals surface area (Å²) in [6, 6.07) is 8.33. The molecule has 2 N–H and O–H groups in total. The van der Waals surface area contributed by atoms with Gasteiger partial charge in [0.05, 0.1) is 5.92 Å². The molecule has 0 unspecified atom stereocenters. The summed E-state index contributed by atoms with van der Waals surface area (Å²) in [7, 11) is 0. The fraction of sp³-hybridized carbons (Fsp3) is 0.615. The summed E-state index contributed by atoms with van der Waals surface area (Å²) < 4.78 is 11.4. The van der Waals surface area contributed by atoms with E-state index in [-0.39, 0.29) is 67.6 Å². The molecule has 12 nitrogen and oxygen atoms in total. The van der Waals surface area contributed by atoms with E-state index in [1.165, 1.54) is 18.7 Å². The number of amides is 2. The van der Waals surface area contributed by atoms with Crippen molar-refractivity contribution in [3.63, 3.8) is 0 Å². The van der Waals surface area contributed by atoms with Gasteiger partial charge < -0.3 is 29.6 Å². The van der Waals surface area contributed by atoms with Crippen molar-refractivity contribution in [2.24, 2.45) is 29.6 Å². The van der Waals surface area contributed by atoms with Crippen LogP contribution in [0.4, 0.5) is 0 Å². The molecule has 2 aromatic rings. The normalized spacial score (nSPS) is 14.8. The first-order valence-electron chi connectivity index (χ1n) is 18.1. The maximum Gasteiger partial charge on any atom is 0.307 e. The van der Waals surface area contributed by atoms with Crippen LogP contribution < -0.4 is 5.32 Å². The molecule has 0 saturated carbocycles. The number of thiazole rings is 1. The monoisotopic (exact) mass is 743 g/mol. The van der Waals surface area contributed by atoms with Crippen molar-refractivity contribution in [3.8, 4) is 0 Å². The van der Waals surface area contributed by atoms with Crippen LogP contribution >= 0.6 is 11.3 Å². The van der Waals surface area contributed by atoms with Gasteiger partial charge in [-0.1, -0.05) is 85.2 Å². The van der Waals surface area contributed by atoms with Crippen molar-refractivity contribution in [3.05, 3.63) is 52.0 Å². The molecule has 1 aromatic heterocycles. The van der Waals surface area contributed by atoms with Crippen molar-refractivity contribution in [2.45, 2.75) is 119 Å². The van der Waals surface area contributed by atoms with Gasteiger partial charge in [0.1, 0.15) is 16.5 Å². The Morgan fingerprint density at radius 3 is 2.13 bits per heavy atom. The zero-order valence-corrected chi connectivity index (χ0v) is 32.9. The van der Waals surface area contributed by atoms with Gasteiger partial charge in [-0.3, -0.25) is 24.0 Å². The number of carbonyl (C=O) groups excluding carboxylic acids is 5. The molecule has 0 fully saturated rings. The number of aliphatic carboxylic acids is 1. The molecule has 0 aliphatic rings. The Bertz CT molecular complexity index is 1490. The second-order valence-electron chi connectivity index (χ2n) is 14.5. The van der Waals surface area contributed by atoms with E-state index in [4.69, 9.17) is 9.47 Å². The van der Waals surface area contributed by atoms with Crippen LogP contribution in [0, 0.1) is 29.6 Å². The van der Waals surface area contributed by atoms with E-state index in [1.54, 1.807) is 12.3 Å². The maximum absolute atomic E-state index is 14.3. The summed E-state index contributed by atoms with van der Waals surface area (Å²) in [5, 5.41) is 14.4. The first-order valence-corrected chi connectivity index (χ1v) is 19.0. The first kappa shape index (κ1) is 44.0. The highest BCUT2D eigenvalue weighted by Gasteiger charge is 2.38. The van der Waals surface area contributed by atoms with Gasteiger partial charge >= 0.3 is 17.9 Å². The quantitative estimate of drug-likeness (QED) is 0.0986. The molecule has 0 spiro atoms. The third-order valence-electron chi connectivity index (χ3n) is 9.06. The van der Waals surface area contributed by atoms with Crippen molar-refractivity contribution in [1.82, 2.24) is 15.2 Å². The molecule has 1 heterocycles. The van der Waals surface area contributed by atoms with Gasteiger partial charge in [-0.25, -0.2) is 4.98 Å². The lowest BCUT2D eigenvalue weighted by molar-refractivity contribution is -0.162. The lowest BCUT2D eigenvalue weighted by atomic mass is 9.85. The highest BCUT2D eigenvalue weighted by Crippen LogP contribution is 2.33. The molecule has 6 atom stereocenters. The van der Waals surface area contributed by atoms with Crippen LogP contribution in [0.2, 0.25) is 0 Å². The standard InChI is InChI=1S/C39H57N3O9S/c1-10-25(6)31(18-27(8)43)38(47)42(22-50-35(45)16-23(2)3)33(24(4)5)20-34(51-28(9)44)37-41-32(21-52-37)36(46)40-30(17-26(7)39(48)49)19-29-14-12-11-13-15-29/h11-15,21,23-26,30-31,33-34H,10,16-20,22H2,1-9H3,(H,40,46)(H,48,49)/t25-,26-,30+,31-,33+,34+/m0/s1. The number of ketones is 1. The average molecular weight is 744 g/mol. The number of nitrogens with zero attached hydrogens (tertiary/aromatic N) is 2. The molecule has 2 amide bonds. The highest BCUT2D eigenvalue weighted by molar-refractivity contribution is 7.09. The molecule has 0 aliphatic heterocycles. The van der Waals surface area contributed by atoms with Crippen LogP contribution in [-0.2, 0) is 39.9 Å². The number of ether oxygens (including phenoxy) is 2. The zero-order chi connectivity index (χ0) is 39.1. The summed E-state index contributed by atoms with van der Waals surface area (Å²) in [6.45, 7) is 15.4.